The highest BCUT2D eigenvalue weighted by molar-refractivity contribution is 5.89. The fourth-order valence-corrected chi connectivity index (χ4v) is 7.83. The van der Waals surface area contributed by atoms with Gasteiger partial charge in [-0.25, -0.2) is 0 Å². The summed E-state index contributed by atoms with van der Waals surface area (Å²) in [6.07, 6.45) is 11.6. The number of piperazine rings is 1. The second-order valence-corrected chi connectivity index (χ2v) is 11.8. The van der Waals surface area contributed by atoms with Crippen LogP contribution in [-0.2, 0) is 14.3 Å². The van der Waals surface area contributed by atoms with E-state index < -0.39 is 0 Å². The number of ether oxygens (including phenoxy) is 1. The molecule has 0 bridgehead atoms. The van der Waals surface area contributed by atoms with Crippen molar-refractivity contribution in [1.82, 2.24) is 9.80 Å². The first kappa shape index (κ1) is 23.9. The van der Waals surface area contributed by atoms with Gasteiger partial charge in [-0.15, -0.1) is 0 Å². The van der Waals surface area contributed by atoms with Crippen molar-refractivity contribution in [2.75, 3.05) is 39.8 Å². The van der Waals surface area contributed by atoms with Gasteiger partial charge in [-0.1, -0.05) is 26.8 Å². The lowest BCUT2D eigenvalue weighted by Gasteiger charge is -2.56. The molecular weight excluding hydrogens is 400 g/mol. The molecule has 5 heteroatoms. The van der Waals surface area contributed by atoms with Gasteiger partial charge in [-0.2, -0.15) is 0 Å². The Bertz CT molecular complexity index is 716. The van der Waals surface area contributed by atoms with Crippen molar-refractivity contribution < 1.29 is 14.3 Å². The molecule has 1 aliphatic heterocycles. The summed E-state index contributed by atoms with van der Waals surface area (Å²) in [5, 5.41) is 0. The van der Waals surface area contributed by atoms with E-state index in [0.717, 1.165) is 45.4 Å². The summed E-state index contributed by atoms with van der Waals surface area (Å²) in [5.41, 5.74) is 0.382. The van der Waals surface area contributed by atoms with Crippen molar-refractivity contribution in [3.63, 3.8) is 0 Å². The van der Waals surface area contributed by atoms with E-state index in [-0.39, 0.29) is 28.7 Å². The van der Waals surface area contributed by atoms with Crippen molar-refractivity contribution in [3.8, 4) is 0 Å². The largest absolute Gasteiger partial charge is 0.461 e. The summed E-state index contributed by atoms with van der Waals surface area (Å²) < 4.78 is 6.19. The van der Waals surface area contributed by atoms with E-state index in [2.05, 4.69) is 37.3 Å². The third kappa shape index (κ3) is 4.70. The van der Waals surface area contributed by atoms with E-state index >= 15 is 0 Å². The van der Waals surface area contributed by atoms with Crippen LogP contribution in [0.25, 0.3) is 0 Å². The smallest absolute Gasteiger partial charge is 0.320 e. The normalized spacial score (nSPS) is 40.3. The first-order valence-electron chi connectivity index (χ1n) is 13.0. The number of nitrogens with zero attached hydrogens (tertiary/aromatic N) is 2. The fourth-order valence-electron chi connectivity index (χ4n) is 7.83. The van der Waals surface area contributed by atoms with Gasteiger partial charge in [-0.3, -0.25) is 14.5 Å². The molecule has 0 amide bonds. The summed E-state index contributed by atoms with van der Waals surface area (Å²) in [6.45, 7) is 12.9. The number of hydrogen-bond acceptors (Lipinski definition) is 5. The molecule has 5 nitrogen and oxygen atoms in total. The number of hydrogen-bond donors (Lipinski definition) is 0. The number of likely N-dealkylation sites (N-methyl/N-ethyl adjacent to an activating group) is 1. The quantitative estimate of drug-likeness (QED) is 0.432. The number of carbonyl (C=O) groups is 2. The van der Waals surface area contributed by atoms with Crippen molar-refractivity contribution in [2.45, 2.75) is 77.7 Å². The molecule has 3 unspecified atom stereocenters. The molecular formula is C27H44N2O3. The van der Waals surface area contributed by atoms with Crippen LogP contribution in [0.1, 0.15) is 71.6 Å². The topological polar surface area (TPSA) is 49.9 Å². The highest BCUT2D eigenvalue weighted by Gasteiger charge is 2.58. The number of rotatable bonds is 7. The molecule has 0 spiro atoms. The van der Waals surface area contributed by atoms with E-state index in [4.69, 9.17) is 4.74 Å². The Balaban J connectivity index is 1.38. The van der Waals surface area contributed by atoms with Gasteiger partial charge in [-0.05, 0) is 81.2 Å². The minimum atomic E-state index is -0.0278. The van der Waals surface area contributed by atoms with Crippen molar-refractivity contribution in [2.24, 2.45) is 28.6 Å². The molecule has 3 saturated carbocycles. The molecule has 3 aliphatic carbocycles. The number of fused-ring (bicyclic) bond motifs is 3. The number of esters is 1. The van der Waals surface area contributed by atoms with Gasteiger partial charge in [0.15, 0.2) is 5.78 Å². The summed E-state index contributed by atoms with van der Waals surface area (Å²) in [6, 6.07) is 0. The van der Waals surface area contributed by atoms with Gasteiger partial charge < -0.3 is 9.64 Å². The first-order valence-corrected chi connectivity index (χ1v) is 13.0. The maximum absolute atomic E-state index is 12.8. The second kappa shape index (κ2) is 9.58. The van der Waals surface area contributed by atoms with Gasteiger partial charge in [0.05, 0.1) is 6.54 Å². The molecule has 0 aromatic carbocycles. The molecule has 6 atom stereocenters. The summed E-state index contributed by atoms with van der Waals surface area (Å²) in [7, 11) is 2.14. The van der Waals surface area contributed by atoms with E-state index in [1.54, 1.807) is 0 Å². The maximum atomic E-state index is 12.8. The minimum Gasteiger partial charge on any atom is -0.461 e. The Morgan fingerprint density at radius 2 is 1.78 bits per heavy atom. The number of allylic oxidation sites excluding steroid dienone is 1. The maximum Gasteiger partial charge on any atom is 0.320 e. The molecule has 180 valence electrons. The molecule has 0 aromatic rings. The van der Waals surface area contributed by atoms with Crippen LogP contribution in [0.15, 0.2) is 12.7 Å². The van der Waals surface area contributed by atoms with Crippen LogP contribution in [0, 0.1) is 28.6 Å². The van der Waals surface area contributed by atoms with Gasteiger partial charge >= 0.3 is 5.97 Å². The zero-order valence-corrected chi connectivity index (χ0v) is 20.6. The average molecular weight is 445 g/mol. The SMILES string of the molecule is C=CC(=O)CC[C@@]1(C)CCCC2C1CC[C@@]1(C)C2CC[C@@H]1OC(=O)CN1CCN(C)CC1. The molecule has 1 heterocycles. The lowest BCUT2D eigenvalue weighted by atomic mass is 9.49. The van der Waals surface area contributed by atoms with E-state index in [1.165, 1.54) is 38.2 Å². The molecule has 4 fully saturated rings. The van der Waals surface area contributed by atoms with Crippen LogP contribution in [0.2, 0.25) is 0 Å². The Morgan fingerprint density at radius 3 is 2.50 bits per heavy atom. The Hall–Kier alpha value is -1.20. The summed E-state index contributed by atoms with van der Waals surface area (Å²) >= 11 is 0. The number of ketones is 1. The standard InChI is InChI=1S/C27H44N2O3/c1-5-20(30)10-13-26(2)12-6-7-21-22(26)11-14-27(3)23(21)8-9-24(27)32-25(31)19-29-17-15-28(4)16-18-29/h5,21-24H,1,6-19H2,2-4H3/t21?,22?,23?,24-,26+,27-/m0/s1. The van der Waals surface area contributed by atoms with Crippen LogP contribution in [0.4, 0.5) is 0 Å². The van der Waals surface area contributed by atoms with Crippen LogP contribution in [0.3, 0.4) is 0 Å². The average Bonchev–Trinajstić information content (AvgIpc) is 3.10. The zero-order valence-electron chi connectivity index (χ0n) is 20.6. The van der Waals surface area contributed by atoms with Gasteiger partial charge in [0.25, 0.3) is 0 Å². The zero-order chi connectivity index (χ0) is 22.9. The highest BCUT2D eigenvalue weighted by Crippen LogP contribution is 2.64. The van der Waals surface area contributed by atoms with Gasteiger partial charge in [0.1, 0.15) is 6.10 Å². The second-order valence-electron chi connectivity index (χ2n) is 11.8. The van der Waals surface area contributed by atoms with Crippen molar-refractivity contribution in [1.29, 1.82) is 0 Å². The lowest BCUT2D eigenvalue weighted by Crippen LogP contribution is -2.51. The minimum absolute atomic E-state index is 0.0278. The van der Waals surface area contributed by atoms with E-state index in [9.17, 15) is 9.59 Å². The fraction of sp³-hybridized carbons (Fsp3) is 0.852. The van der Waals surface area contributed by atoms with Gasteiger partial charge in [0, 0.05) is 38.0 Å². The lowest BCUT2D eigenvalue weighted by molar-refractivity contribution is -0.162. The molecule has 0 radical (unpaired) electrons. The van der Waals surface area contributed by atoms with E-state index in [1.807, 2.05) is 0 Å². The van der Waals surface area contributed by atoms with Crippen molar-refractivity contribution >= 4 is 11.8 Å². The monoisotopic (exact) mass is 444 g/mol. The predicted molar refractivity (Wildman–Crippen MR) is 127 cm³/mol. The molecule has 0 aromatic heterocycles. The molecule has 32 heavy (non-hydrogen) atoms. The third-order valence-electron chi connectivity index (χ3n) is 9.92. The van der Waals surface area contributed by atoms with Crippen LogP contribution in [-0.4, -0.2) is 67.4 Å². The van der Waals surface area contributed by atoms with Crippen LogP contribution in [0.5, 0.6) is 0 Å². The highest BCUT2D eigenvalue weighted by atomic mass is 16.5. The summed E-state index contributed by atoms with van der Waals surface area (Å²) in [4.78, 5) is 29.3. The van der Waals surface area contributed by atoms with Crippen LogP contribution < -0.4 is 0 Å². The first-order chi connectivity index (χ1) is 15.2. The predicted octanol–water partition coefficient (Wildman–Crippen LogP) is 4.31. The van der Waals surface area contributed by atoms with Gasteiger partial charge in [0.2, 0.25) is 0 Å². The summed E-state index contributed by atoms with van der Waals surface area (Å²) in [5.74, 6) is 2.22. The van der Waals surface area contributed by atoms with Crippen molar-refractivity contribution in [3.05, 3.63) is 12.7 Å². The Kier molecular flexibility index (Phi) is 7.17. The number of carbonyl (C=O) groups excluding carboxylic acids is 2. The van der Waals surface area contributed by atoms with Crippen LogP contribution >= 0.6 is 0 Å². The molecule has 0 N–H and O–H groups in total. The Morgan fingerprint density at radius 1 is 1.03 bits per heavy atom. The molecule has 1 saturated heterocycles. The molecule has 4 rings (SSSR count). The van der Waals surface area contributed by atoms with E-state index in [0.29, 0.717) is 30.7 Å². The Labute approximate surface area is 194 Å². The molecule has 4 aliphatic rings. The third-order valence-corrected chi connectivity index (χ3v) is 9.92.